The number of halogens is 2. The van der Waals surface area contributed by atoms with Crippen molar-refractivity contribution in [2.45, 2.75) is 33.1 Å². The fourth-order valence-corrected chi connectivity index (χ4v) is 2.68. The summed E-state index contributed by atoms with van der Waals surface area (Å²) in [7, 11) is 0. The number of anilines is 1. The van der Waals surface area contributed by atoms with E-state index in [-0.39, 0.29) is 11.2 Å². The number of nitrogens with zero attached hydrogens (tertiary/aromatic N) is 1. The summed E-state index contributed by atoms with van der Waals surface area (Å²) in [4.78, 5) is 4.72. The van der Waals surface area contributed by atoms with Crippen molar-refractivity contribution in [3.8, 4) is 0 Å². The minimum Gasteiger partial charge on any atom is -0.385 e. The standard InChI is InChI=1S/C15H18FIN2/c1-5-18-12-8-13(15(2,3)4)19-14-10(12)6-9(16)7-11(14)17/h6-8H,5H2,1-4H3,(H,18,19). The van der Waals surface area contributed by atoms with Gasteiger partial charge in [0.1, 0.15) is 5.82 Å². The largest absolute Gasteiger partial charge is 0.385 e. The van der Waals surface area contributed by atoms with Crippen LogP contribution < -0.4 is 5.32 Å². The predicted molar refractivity (Wildman–Crippen MR) is 87.3 cm³/mol. The number of nitrogens with one attached hydrogen (secondary N) is 1. The molecule has 0 saturated heterocycles. The molecule has 0 saturated carbocycles. The lowest BCUT2D eigenvalue weighted by Crippen LogP contribution is -2.15. The van der Waals surface area contributed by atoms with E-state index in [2.05, 4.69) is 48.7 Å². The molecule has 0 bridgehead atoms. The Morgan fingerprint density at radius 1 is 1.26 bits per heavy atom. The summed E-state index contributed by atoms with van der Waals surface area (Å²) in [5.41, 5.74) is 2.80. The molecule has 4 heteroatoms. The molecule has 0 spiro atoms. The Morgan fingerprint density at radius 2 is 1.95 bits per heavy atom. The Balaban J connectivity index is 2.79. The van der Waals surface area contributed by atoms with E-state index in [0.29, 0.717) is 0 Å². The second-order valence-corrected chi connectivity index (χ2v) is 6.78. The third-order valence-electron chi connectivity index (χ3n) is 2.97. The van der Waals surface area contributed by atoms with Crippen LogP contribution in [0.5, 0.6) is 0 Å². The molecule has 1 heterocycles. The molecule has 0 fully saturated rings. The van der Waals surface area contributed by atoms with Crippen LogP contribution in [-0.4, -0.2) is 11.5 Å². The molecule has 1 N–H and O–H groups in total. The van der Waals surface area contributed by atoms with E-state index in [1.165, 1.54) is 6.07 Å². The SMILES string of the molecule is CCNc1cc(C(C)(C)C)nc2c(I)cc(F)cc12. The van der Waals surface area contributed by atoms with Gasteiger partial charge in [0.15, 0.2) is 0 Å². The number of pyridine rings is 1. The van der Waals surface area contributed by atoms with Gasteiger partial charge >= 0.3 is 0 Å². The molecule has 1 aromatic carbocycles. The highest BCUT2D eigenvalue weighted by Gasteiger charge is 2.19. The van der Waals surface area contributed by atoms with Gasteiger partial charge in [0.25, 0.3) is 0 Å². The zero-order chi connectivity index (χ0) is 14.2. The van der Waals surface area contributed by atoms with Crippen LogP contribution in [0.15, 0.2) is 18.2 Å². The first-order chi connectivity index (χ1) is 8.82. The van der Waals surface area contributed by atoms with Crippen molar-refractivity contribution in [2.24, 2.45) is 0 Å². The fourth-order valence-electron chi connectivity index (χ4n) is 1.97. The molecule has 2 rings (SSSR count). The predicted octanol–water partition coefficient (Wildman–Crippen LogP) is 4.71. The van der Waals surface area contributed by atoms with Gasteiger partial charge in [-0.3, -0.25) is 4.98 Å². The maximum absolute atomic E-state index is 13.6. The van der Waals surface area contributed by atoms with E-state index in [1.54, 1.807) is 6.07 Å². The van der Waals surface area contributed by atoms with E-state index in [9.17, 15) is 4.39 Å². The van der Waals surface area contributed by atoms with Crippen molar-refractivity contribution in [1.82, 2.24) is 4.98 Å². The van der Waals surface area contributed by atoms with Crippen molar-refractivity contribution in [1.29, 1.82) is 0 Å². The van der Waals surface area contributed by atoms with Crippen LogP contribution >= 0.6 is 22.6 Å². The molecular formula is C15H18FIN2. The summed E-state index contributed by atoms with van der Waals surface area (Å²) in [6.07, 6.45) is 0. The molecule has 0 aliphatic heterocycles. The molecule has 2 nitrogen and oxygen atoms in total. The van der Waals surface area contributed by atoms with Gasteiger partial charge in [-0.25, -0.2) is 4.39 Å². The van der Waals surface area contributed by atoms with Gasteiger partial charge in [0, 0.05) is 32.3 Å². The summed E-state index contributed by atoms with van der Waals surface area (Å²) in [5, 5.41) is 4.15. The van der Waals surface area contributed by atoms with Gasteiger partial charge in [-0.1, -0.05) is 20.8 Å². The van der Waals surface area contributed by atoms with E-state index in [1.807, 2.05) is 13.0 Å². The molecule has 0 aliphatic carbocycles. The number of rotatable bonds is 2. The molecule has 1 aromatic heterocycles. The number of hydrogen-bond donors (Lipinski definition) is 1. The van der Waals surface area contributed by atoms with Gasteiger partial charge < -0.3 is 5.32 Å². The average Bonchev–Trinajstić information content (AvgIpc) is 2.28. The van der Waals surface area contributed by atoms with E-state index < -0.39 is 0 Å². The lowest BCUT2D eigenvalue weighted by Gasteiger charge is -2.20. The minimum absolute atomic E-state index is 0.0319. The maximum atomic E-state index is 13.6. The van der Waals surface area contributed by atoms with Gasteiger partial charge in [0.2, 0.25) is 0 Å². The molecule has 19 heavy (non-hydrogen) atoms. The van der Waals surface area contributed by atoms with Crippen molar-refractivity contribution in [3.05, 3.63) is 33.3 Å². The second-order valence-electron chi connectivity index (χ2n) is 5.62. The first-order valence-corrected chi connectivity index (χ1v) is 7.45. The number of hydrogen-bond acceptors (Lipinski definition) is 2. The summed E-state index contributed by atoms with van der Waals surface area (Å²) in [5.74, 6) is -0.221. The lowest BCUT2D eigenvalue weighted by molar-refractivity contribution is 0.571. The zero-order valence-corrected chi connectivity index (χ0v) is 13.8. The van der Waals surface area contributed by atoms with E-state index >= 15 is 0 Å². The Hall–Kier alpha value is -0.910. The molecule has 102 valence electrons. The Morgan fingerprint density at radius 3 is 2.53 bits per heavy atom. The maximum Gasteiger partial charge on any atom is 0.125 e. The van der Waals surface area contributed by atoms with Crippen LogP contribution in [0.2, 0.25) is 0 Å². The highest BCUT2D eigenvalue weighted by Crippen LogP contribution is 2.32. The van der Waals surface area contributed by atoms with Crippen LogP contribution in [0.3, 0.4) is 0 Å². The molecule has 0 amide bonds. The van der Waals surface area contributed by atoms with Crippen LogP contribution in [0.1, 0.15) is 33.4 Å². The summed E-state index contributed by atoms with van der Waals surface area (Å²) in [6, 6.07) is 5.11. The molecule has 2 aromatic rings. The van der Waals surface area contributed by atoms with Gasteiger partial charge in [0.05, 0.1) is 5.52 Å². The van der Waals surface area contributed by atoms with Gasteiger partial charge in [-0.15, -0.1) is 0 Å². The van der Waals surface area contributed by atoms with Crippen LogP contribution in [0, 0.1) is 9.39 Å². The van der Waals surface area contributed by atoms with Crippen molar-refractivity contribution in [3.63, 3.8) is 0 Å². The first kappa shape index (κ1) is 14.5. The number of benzene rings is 1. The minimum atomic E-state index is -0.221. The zero-order valence-electron chi connectivity index (χ0n) is 11.6. The van der Waals surface area contributed by atoms with E-state index in [0.717, 1.165) is 32.4 Å². The van der Waals surface area contributed by atoms with Gasteiger partial charge in [-0.2, -0.15) is 0 Å². The normalized spacial score (nSPS) is 11.9. The highest BCUT2D eigenvalue weighted by atomic mass is 127. The first-order valence-electron chi connectivity index (χ1n) is 6.37. The van der Waals surface area contributed by atoms with Gasteiger partial charge in [-0.05, 0) is 47.7 Å². The van der Waals surface area contributed by atoms with Crippen molar-refractivity contribution in [2.75, 3.05) is 11.9 Å². The van der Waals surface area contributed by atoms with Crippen LogP contribution in [0.4, 0.5) is 10.1 Å². The van der Waals surface area contributed by atoms with Crippen LogP contribution in [-0.2, 0) is 5.41 Å². The molecular weight excluding hydrogens is 354 g/mol. The van der Waals surface area contributed by atoms with Crippen LogP contribution in [0.25, 0.3) is 10.9 Å². The summed E-state index contributed by atoms with van der Waals surface area (Å²) in [6.45, 7) is 9.23. The second kappa shape index (κ2) is 5.23. The Labute approximate surface area is 126 Å². The molecule has 0 aliphatic rings. The summed E-state index contributed by atoms with van der Waals surface area (Å²) < 4.78 is 14.4. The highest BCUT2D eigenvalue weighted by molar-refractivity contribution is 14.1. The number of fused-ring (bicyclic) bond motifs is 1. The molecule has 0 radical (unpaired) electrons. The number of aromatic nitrogens is 1. The molecule has 0 unspecified atom stereocenters. The Bertz CT molecular complexity index is 618. The fraction of sp³-hybridized carbons (Fsp3) is 0.400. The molecule has 0 atom stereocenters. The van der Waals surface area contributed by atoms with E-state index in [4.69, 9.17) is 4.98 Å². The third kappa shape index (κ3) is 2.99. The monoisotopic (exact) mass is 372 g/mol. The van der Waals surface area contributed by atoms with Crippen molar-refractivity contribution < 1.29 is 4.39 Å². The van der Waals surface area contributed by atoms with Crippen molar-refractivity contribution >= 4 is 39.2 Å². The third-order valence-corrected chi connectivity index (χ3v) is 3.79. The summed E-state index contributed by atoms with van der Waals surface area (Å²) >= 11 is 2.14. The Kier molecular flexibility index (Phi) is 3.99. The lowest BCUT2D eigenvalue weighted by atomic mass is 9.90. The topological polar surface area (TPSA) is 24.9 Å². The quantitative estimate of drug-likeness (QED) is 0.773. The smallest absolute Gasteiger partial charge is 0.125 e. The average molecular weight is 372 g/mol.